The summed E-state index contributed by atoms with van der Waals surface area (Å²) < 4.78 is 2.61. The van der Waals surface area contributed by atoms with Crippen LogP contribution in [0.3, 0.4) is 0 Å². The lowest BCUT2D eigenvalue weighted by Crippen LogP contribution is -2.55. The summed E-state index contributed by atoms with van der Waals surface area (Å²) in [7, 11) is 0. The van der Waals surface area contributed by atoms with Gasteiger partial charge in [0.05, 0.1) is 5.39 Å². The molecule has 2 aliphatic carbocycles. The predicted octanol–water partition coefficient (Wildman–Crippen LogP) is 10.8. The van der Waals surface area contributed by atoms with Crippen molar-refractivity contribution in [1.82, 2.24) is 4.98 Å². The molecule has 1 aromatic heterocycles. The Morgan fingerprint density at radius 3 is 2.22 bits per heavy atom. The van der Waals surface area contributed by atoms with E-state index >= 15 is 0 Å². The zero-order valence-electron chi connectivity index (χ0n) is 27.7. The lowest BCUT2D eigenvalue weighted by Gasteiger charge is -2.36. The van der Waals surface area contributed by atoms with Crippen LogP contribution in [0.2, 0.25) is 0 Å². The first-order valence-electron chi connectivity index (χ1n) is 17.3. The van der Waals surface area contributed by atoms with E-state index in [4.69, 9.17) is 4.98 Å². The molecular weight excluding hydrogens is 544 g/mol. The highest BCUT2D eigenvalue weighted by Gasteiger charge is 2.54. The Hall–Kier alpha value is -4.04. The van der Waals surface area contributed by atoms with Gasteiger partial charge in [-0.3, -0.25) is 0 Å². The summed E-state index contributed by atoms with van der Waals surface area (Å²) in [5, 5.41) is 4.05. The van der Waals surface area contributed by atoms with Gasteiger partial charge in [0.15, 0.2) is 11.1 Å². The first kappa shape index (κ1) is 28.4. The predicted molar refractivity (Wildman–Crippen MR) is 188 cm³/mol. The maximum atomic E-state index is 5.33. The van der Waals surface area contributed by atoms with E-state index in [1.807, 2.05) is 0 Å². The summed E-state index contributed by atoms with van der Waals surface area (Å²) in [5.41, 5.74) is 13.4. The average molecular weight is 590 g/mol. The molecule has 3 aliphatic rings. The molecule has 0 saturated heterocycles. The van der Waals surface area contributed by atoms with Gasteiger partial charge in [0.2, 0.25) is 0 Å². The summed E-state index contributed by atoms with van der Waals surface area (Å²) in [6, 6.07) is 27.3. The molecule has 0 amide bonds. The summed E-state index contributed by atoms with van der Waals surface area (Å²) in [6.07, 6.45) is 13.2. The third kappa shape index (κ3) is 3.87. The van der Waals surface area contributed by atoms with Gasteiger partial charge in [0, 0.05) is 23.0 Å². The maximum absolute atomic E-state index is 5.33. The molecule has 45 heavy (non-hydrogen) atoms. The van der Waals surface area contributed by atoms with Crippen LogP contribution in [0.15, 0.2) is 102 Å². The molecule has 2 nitrogen and oxygen atoms in total. The van der Waals surface area contributed by atoms with E-state index in [1.54, 1.807) is 5.57 Å². The minimum Gasteiger partial charge on any atom is -0.215 e. The van der Waals surface area contributed by atoms with E-state index in [-0.39, 0.29) is 11.0 Å². The van der Waals surface area contributed by atoms with Gasteiger partial charge in [-0.15, -0.1) is 0 Å². The molecule has 5 aromatic rings. The van der Waals surface area contributed by atoms with Crippen molar-refractivity contribution >= 4 is 21.7 Å². The molecule has 1 unspecified atom stereocenters. The van der Waals surface area contributed by atoms with Crippen molar-refractivity contribution in [2.24, 2.45) is 11.8 Å². The number of fused-ring (bicyclic) bond motifs is 4. The van der Waals surface area contributed by atoms with Gasteiger partial charge >= 0.3 is 0 Å². The number of allylic oxidation sites excluding steroid dienone is 4. The number of benzene rings is 4. The summed E-state index contributed by atoms with van der Waals surface area (Å²) >= 11 is 0. The third-order valence-electron chi connectivity index (χ3n) is 11.7. The van der Waals surface area contributed by atoms with Crippen LogP contribution in [0.1, 0.15) is 90.3 Å². The van der Waals surface area contributed by atoms with Crippen molar-refractivity contribution in [1.29, 1.82) is 0 Å². The Labute approximate surface area is 268 Å². The van der Waals surface area contributed by atoms with Crippen molar-refractivity contribution in [3.63, 3.8) is 0 Å². The molecular formula is C43H45N2+. The van der Waals surface area contributed by atoms with E-state index in [0.29, 0.717) is 11.8 Å². The van der Waals surface area contributed by atoms with Gasteiger partial charge in [-0.25, -0.2) is 4.57 Å². The second-order valence-electron chi connectivity index (χ2n) is 14.3. The Morgan fingerprint density at radius 2 is 1.49 bits per heavy atom. The largest absolute Gasteiger partial charge is 0.288 e. The topological polar surface area (TPSA) is 16.8 Å². The van der Waals surface area contributed by atoms with E-state index in [9.17, 15) is 0 Å². The Kier molecular flexibility index (Phi) is 6.47. The zero-order chi connectivity index (χ0) is 31.1. The van der Waals surface area contributed by atoms with Crippen molar-refractivity contribution < 1.29 is 4.57 Å². The Balaban J connectivity index is 1.52. The van der Waals surface area contributed by atoms with Crippen LogP contribution in [-0.4, -0.2) is 4.98 Å². The van der Waals surface area contributed by atoms with Crippen LogP contribution < -0.4 is 4.57 Å². The smallest absolute Gasteiger partial charge is 0.215 e. The molecule has 1 spiro atoms. The second-order valence-corrected chi connectivity index (χ2v) is 14.3. The Bertz CT molecular complexity index is 2050. The van der Waals surface area contributed by atoms with Gasteiger partial charge in [0.25, 0.3) is 6.33 Å². The summed E-state index contributed by atoms with van der Waals surface area (Å²) in [4.78, 5) is 5.33. The lowest BCUT2D eigenvalue weighted by atomic mass is 9.66. The van der Waals surface area contributed by atoms with E-state index in [1.165, 1.54) is 73.6 Å². The number of rotatable bonds is 7. The SMILES string of the molecule is CCC(CC)C1=CC2(CC(C(CC)CC)=C1)c1cc3ccccc3c3c1-c1c4c(cc(-c5ccccc5)cc4nc[n+]12)C3(C)C. The van der Waals surface area contributed by atoms with Crippen LogP contribution in [0.4, 0.5) is 0 Å². The van der Waals surface area contributed by atoms with Crippen LogP contribution in [0.5, 0.6) is 0 Å². The highest BCUT2D eigenvalue weighted by Crippen LogP contribution is 2.58. The second kappa shape index (κ2) is 10.2. The molecule has 0 bridgehead atoms. The van der Waals surface area contributed by atoms with Gasteiger partial charge < -0.3 is 0 Å². The molecule has 0 fully saturated rings. The molecule has 2 heteroatoms. The van der Waals surface area contributed by atoms with Crippen LogP contribution in [0.25, 0.3) is 44.1 Å². The van der Waals surface area contributed by atoms with Crippen LogP contribution >= 0.6 is 0 Å². The maximum Gasteiger partial charge on any atom is 0.288 e. The summed E-state index contributed by atoms with van der Waals surface area (Å²) in [6.45, 7) is 14.4. The first-order valence-corrected chi connectivity index (χ1v) is 17.3. The standard InChI is InChI=1S/C43H45N2/c1-7-27(8-2)32-20-33(28(9-3)10-4)25-43(24-32)36-21-30-18-14-15-19-34(30)40-39(36)41-38-35(42(40,5)6)22-31(29-16-12-11-13-17-29)23-37(38)44-26-45(41)43/h11-24,26-28H,7-10,25H2,1-6H3/q+1. The first-order chi connectivity index (χ1) is 21.9. The molecule has 0 N–H and O–H groups in total. The molecule has 1 atom stereocenters. The van der Waals surface area contributed by atoms with Gasteiger partial charge in [-0.2, -0.15) is 0 Å². The lowest BCUT2D eigenvalue weighted by molar-refractivity contribution is -0.728. The normalized spacial score (nSPS) is 19.2. The highest BCUT2D eigenvalue weighted by atomic mass is 15.1. The third-order valence-corrected chi connectivity index (χ3v) is 11.7. The number of aromatic nitrogens is 2. The summed E-state index contributed by atoms with van der Waals surface area (Å²) in [5.74, 6) is 1.14. The number of nitrogens with zero attached hydrogens (tertiary/aromatic N) is 2. The number of hydrogen-bond donors (Lipinski definition) is 0. The average Bonchev–Trinajstić information content (AvgIpc) is 3.32. The quantitative estimate of drug-likeness (QED) is 0.173. The highest BCUT2D eigenvalue weighted by molar-refractivity contribution is 6.07. The molecule has 0 saturated carbocycles. The van der Waals surface area contributed by atoms with Crippen molar-refractivity contribution in [2.45, 2.75) is 84.6 Å². The number of hydrogen-bond acceptors (Lipinski definition) is 1. The minimum absolute atomic E-state index is 0.196. The molecule has 1 aliphatic heterocycles. The minimum atomic E-state index is -0.287. The van der Waals surface area contributed by atoms with Crippen molar-refractivity contribution in [2.75, 3.05) is 0 Å². The monoisotopic (exact) mass is 589 g/mol. The molecule has 4 aromatic carbocycles. The van der Waals surface area contributed by atoms with Gasteiger partial charge in [0.1, 0.15) is 5.69 Å². The van der Waals surface area contributed by atoms with E-state index < -0.39 is 0 Å². The Morgan fingerprint density at radius 1 is 0.778 bits per heavy atom. The van der Waals surface area contributed by atoms with Crippen LogP contribution in [0, 0.1) is 11.8 Å². The fraction of sp³-hybridized carbons (Fsp3) is 0.349. The zero-order valence-corrected chi connectivity index (χ0v) is 27.7. The van der Waals surface area contributed by atoms with Gasteiger partial charge in [-0.1, -0.05) is 108 Å². The molecule has 226 valence electrons. The van der Waals surface area contributed by atoms with E-state index in [0.717, 1.165) is 24.8 Å². The molecule has 8 rings (SSSR count). The van der Waals surface area contributed by atoms with Gasteiger partial charge in [-0.05, 0) is 105 Å². The molecule has 0 radical (unpaired) electrons. The fourth-order valence-electron chi connectivity index (χ4n) is 9.31. The van der Waals surface area contributed by atoms with Crippen LogP contribution in [-0.2, 0) is 11.0 Å². The van der Waals surface area contributed by atoms with Crippen molar-refractivity contribution in [3.8, 4) is 22.4 Å². The van der Waals surface area contributed by atoms with Crippen molar-refractivity contribution in [3.05, 3.63) is 119 Å². The fourth-order valence-corrected chi connectivity index (χ4v) is 9.31. The molecule has 2 heterocycles. The van der Waals surface area contributed by atoms with E-state index in [2.05, 4.69) is 137 Å².